The summed E-state index contributed by atoms with van der Waals surface area (Å²) in [6.45, 7) is 4.20. The molecule has 6 heteroatoms. The predicted molar refractivity (Wildman–Crippen MR) is 42.1 cm³/mol. The van der Waals surface area contributed by atoms with Gasteiger partial charge in [0.1, 0.15) is 0 Å². The molecular weight excluding hydrogens is 222 g/mol. The molecule has 0 spiro atoms. The molecule has 1 unspecified atom stereocenters. The molecule has 0 nitrogen and oxygen atoms in total. The standard InChI is InChI=1S/C9H12F6/c1-6(2,3)5-4-7(5,8(10,11)12)9(13,14)15/h5H,4H2,1-3H3. The van der Waals surface area contributed by atoms with Crippen molar-refractivity contribution in [3.63, 3.8) is 0 Å². The lowest BCUT2D eigenvalue weighted by Crippen LogP contribution is -2.42. The van der Waals surface area contributed by atoms with Crippen molar-refractivity contribution in [2.75, 3.05) is 0 Å². The van der Waals surface area contributed by atoms with E-state index in [0.717, 1.165) is 0 Å². The fourth-order valence-electron chi connectivity index (χ4n) is 2.10. The van der Waals surface area contributed by atoms with Crippen LogP contribution in [0.4, 0.5) is 26.3 Å². The fourth-order valence-corrected chi connectivity index (χ4v) is 2.10. The third-order valence-corrected chi connectivity index (χ3v) is 3.02. The topological polar surface area (TPSA) is 0 Å². The van der Waals surface area contributed by atoms with Gasteiger partial charge in [-0.05, 0) is 17.8 Å². The van der Waals surface area contributed by atoms with Crippen LogP contribution < -0.4 is 0 Å². The number of hydrogen-bond donors (Lipinski definition) is 0. The summed E-state index contributed by atoms with van der Waals surface area (Å²) in [6, 6.07) is 0. The maximum Gasteiger partial charge on any atom is 0.403 e. The zero-order valence-corrected chi connectivity index (χ0v) is 8.55. The van der Waals surface area contributed by atoms with Gasteiger partial charge >= 0.3 is 12.4 Å². The van der Waals surface area contributed by atoms with Crippen molar-refractivity contribution in [2.24, 2.45) is 16.7 Å². The van der Waals surface area contributed by atoms with Gasteiger partial charge in [0.25, 0.3) is 0 Å². The van der Waals surface area contributed by atoms with Gasteiger partial charge in [0.2, 0.25) is 0 Å². The SMILES string of the molecule is CC(C)(C)C1CC1(C(F)(F)F)C(F)(F)F. The van der Waals surface area contributed by atoms with Gasteiger partial charge in [0.05, 0.1) is 0 Å². The van der Waals surface area contributed by atoms with Crippen molar-refractivity contribution in [2.45, 2.75) is 39.5 Å². The van der Waals surface area contributed by atoms with Crippen LogP contribution in [0.1, 0.15) is 27.2 Å². The van der Waals surface area contributed by atoms with Crippen molar-refractivity contribution >= 4 is 0 Å². The molecule has 0 aromatic rings. The molecule has 0 aromatic carbocycles. The molecule has 90 valence electrons. The van der Waals surface area contributed by atoms with Gasteiger partial charge in [0.15, 0.2) is 5.41 Å². The summed E-state index contributed by atoms with van der Waals surface area (Å²) in [5.74, 6) is -1.37. The Labute approximate surface area is 83.6 Å². The van der Waals surface area contributed by atoms with Gasteiger partial charge in [0, 0.05) is 0 Å². The summed E-state index contributed by atoms with van der Waals surface area (Å²) in [7, 11) is 0. The highest BCUT2D eigenvalue weighted by atomic mass is 19.4. The zero-order chi connectivity index (χ0) is 12.3. The number of halogens is 6. The van der Waals surface area contributed by atoms with Gasteiger partial charge in [-0.2, -0.15) is 26.3 Å². The Bertz CT molecular complexity index is 239. The Morgan fingerprint density at radius 2 is 1.20 bits per heavy atom. The summed E-state index contributed by atoms with van der Waals surface area (Å²) < 4.78 is 74.7. The molecule has 1 atom stereocenters. The van der Waals surface area contributed by atoms with Crippen LogP contribution in [0.3, 0.4) is 0 Å². The first-order valence-electron chi connectivity index (χ1n) is 4.47. The van der Waals surface area contributed by atoms with E-state index in [-0.39, 0.29) is 0 Å². The van der Waals surface area contributed by atoms with Crippen LogP contribution >= 0.6 is 0 Å². The first-order chi connectivity index (χ1) is 6.34. The molecule has 1 rings (SSSR count). The molecule has 1 fully saturated rings. The fraction of sp³-hybridized carbons (Fsp3) is 1.00. The Balaban J connectivity index is 3.08. The highest BCUT2D eigenvalue weighted by Crippen LogP contribution is 2.74. The number of rotatable bonds is 0. The van der Waals surface area contributed by atoms with Crippen LogP contribution in [-0.2, 0) is 0 Å². The maximum absolute atomic E-state index is 12.5. The van der Waals surface area contributed by atoms with Crippen molar-refractivity contribution in [3.05, 3.63) is 0 Å². The molecule has 0 saturated heterocycles. The molecule has 1 aliphatic rings. The normalized spacial score (nSPS) is 26.6. The Kier molecular flexibility index (Phi) is 2.38. The third kappa shape index (κ3) is 1.72. The molecular formula is C9H12F6. The summed E-state index contributed by atoms with van der Waals surface area (Å²) >= 11 is 0. The minimum Gasteiger partial charge on any atom is -0.170 e. The first kappa shape index (κ1) is 12.6. The smallest absolute Gasteiger partial charge is 0.170 e. The van der Waals surface area contributed by atoms with Crippen LogP contribution in [0, 0.1) is 16.7 Å². The van der Waals surface area contributed by atoms with Crippen LogP contribution in [0.2, 0.25) is 0 Å². The summed E-state index contributed by atoms with van der Waals surface area (Å²) in [4.78, 5) is 0. The predicted octanol–water partition coefficient (Wildman–Crippen LogP) is 4.16. The van der Waals surface area contributed by atoms with E-state index in [1.807, 2.05) is 0 Å². The van der Waals surface area contributed by atoms with E-state index in [4.69, 9.17) is 0 Å². The lowest BCUT2D eigenvalue weighted by Gasteiger charge is -2.28. The molecule has 0 aliphatic heterocycles. The molecule has 15 heavy (non-hydrogen) atoms. The molecule has 0 bridgehead atoms. The van der Waals surface area contributed by atoms with Gasteiger partial charge in [-0.3, -0.25) is 0 Å². The minimum atomic E-state index is -5.21. The van der Waals surface area contributed by atoms with Crippen molar-refractivity contribution in [1.82, 2.24) is 0 Å². The Morgan fingerprint density at radius 1 is 0.867 bits per heavy atom. The highest BCUT2D eigenvalue weighted by molar-refractivity contribution is 5.15. The second-order valence-electron chi connectivity index (χ2n) is 5.09. The van der Waals surface area contributed by atoms with E-state index in [2.05, 4.69) is 0 Å². The average Bonchev–Trinajstić information content (AvgIpc) is 2.51. The van der Waals surface area contributed by atoms with Crippen molar-refractivity contribution in [1.29, 1.82) is 0 Å². The number of alkyl halides is 6. The maximum atomic E-state index is 12.5. The van der Waals surface area contributed by atoms with E-state index < -0.39 is 35.5 Å². The summed E-state index contributed by atoms with van der Waals surface area (Å²) in [5.41, 5.74) is -4.46. The average molecular weight is 234 g/mol. The zero-order valence-electron chi connectivity index (χ0n) is 8.55. The van der Waals surface area contributed by atoms with Crippen LogP contribution in [0.25, 0.3) is 0 Å². The molecule has 0 heterocycles. The second-order valence-corrected chi connectivity index (χ2v) is 5.09. The minimum absolute atomic E-state index is 0.844. The second kappa shape index (κ2) is 2.83. The Morgan fingerprint density at radius 3 is 1.27 bits per heavy atom. The van der Waals surface area contributed by atoms with Crippen molar-refractivity contribution in [3.8, 4) is 0 Å². The summed E-state index contributed by atoms with van der Waals surface area (Å²) in [5, 5.41) is 0. The van der Waals surface area contributed by atoms with Gasteiger partial charge < -0.3 is 0 Å². The van der Waals surface area contributed by atoms with Gasteiger partial charge in [-0.1, -0.05) is 20.8 Å². The lowest BCUT2D eigenvalue weighted by atomic mass is 9.84. The van der Waals surface area contributed by atoms with Crippen molar-refractivity contribution < 1.29 is 26.3 Å². The molecule has 1 saturated carbocycles. The molecule has 0 amide bonds. The quantitative estimate of drug-likeness (QED) is 0.552. The van der Waals surface area contributed by atoms with E-state index >= 15 is 0 Å². The van der Waals surface area contributed by atoms with E-state index in [1.54, 1.807) is 0 Å². The van der Waals surface area contributed by atoms with E-state index in [9.17, 15) is 26.3 Å². The highest BCUT2D eigenvalue weighted by Gasteiger charge is 2.84. The van der Waals surface area contributed by atoms with E-state index in [1.165, 1.54) is 20.8 Å². The first-order valence-corrected chi connectivity index (χ1v) is 4.47. The monoisotopic (exact) mass is 234 g/mol. The van der Waals surface area contributed by atoms with E-state index in [0.29, 0.717) is 0 Å². The molecule has 0 radical (unpaired) electrons. The van der Waals surface area contributed by atoms with Crippen LogP contribution in [-0.4, -0.2) is 12.4 Å². The van der Waals surface area contributed by atoms with Gasteiger partial charge in [-0.15, -0.1) is 0 Å². The van der Waals surface area contributed by atoms with Gasteiger partial charge in [-0.25, -0.2) is 0 Å². The summed E-state index contributed by atoms with van der Waals surface area (Å²) in [6.07, 6.45) is -11.3. The molecule has 0 aromatic heterocycles. The number of hydrogen-bond acceptors (Lipinski definition) is 0. The largest absolute Gasteiger partial charge is 0.403 e. The van der Waals surface area contributed by atoms with Crippen LogP contribution in [0.15, 0.2) is 0 Å². The lowest BCUT2D eigenvalue weighted by molar-refractivity contribution is -0.309. The Hall–Kier alpha value is -0.420. The molecule has 1 aliphatic carbocycles. The van der Waals surface area contributed by atoms with Crippen LogP contribution in [0.5, 0.6) is 0 Å². The molecule has 0 N–H and O–H groups in total. The third-order valence-electron chi connectivity index (χ3n) is 3.02.